The molecular formula is C12H7Cl2F3O2. The van der Waals surface area contributed by atoms with Crippen molar-refractivity contribution in [3.63, 3.8) is 0 Å². The SMILES string of the molecule is Cc1cc(Cl)cc2c1O[C@H](C(F)(F)F)C(C(=O)Cl)=C2. The fourth-order valence-corrected chi connectivity index (χ4v) is 2.29. The first-order valence-corrected chi connectivity index (χ1v) is 5.90. The smallest absolute Gasteiger partial charge is 0.429 e. The molecule has 0 saturated heterocycles. The summed E-state index contributed by atoms with van der Waals surface area (Å²) in [6.45, 7) is 1.57. The minimum absolute atomic E-state index is 0.0494. The summed E-state index contributed by atoms with van der Waals surface area (Å²) in [6.07, 6.45) is -6.02. The standard InChI is InChI=1S/C12H7Cl2F3O2/c1-5-2-7(13)3-6-4-8(11(14)18)10(12(15,16)17)19-9(5)6/h2-4,10H,1H3/t10-/m0/s1. The first-order valence-electron chi connectivity index (χ1n) is 5.15. The van der Waals surface area contributed by atoms with Crippen LogP contribution in [0.1, 0.15) is 11.1 Å². The van der Waals surface area contributed by atoms with Crippen LogP contribution in [0.2, 0.25) is 5.02 Å². The van der Waals surface area contributed by atoms with Crippen molar-refractivity contribution in [3.05, 3.63) is 33.9 Å². The lowest BCUT2D eigenvalue weighted by atomic mass is 10.00. The second-order valence-electron chi connectivity index (χ2n) is 4.05. The Morgan fingerprint density at radius 2 is 2.00 bits per heavy atom. The third-order valence-electron chi connectivity index (χ3n) is 2.62. The molecule has 0 spiro atoms. The van der Waals surface area contributed by atoms with Crippen LogP contribution in [0.4, 0.5) is 13.2 Å². The molecule has 1 atom stereocenters. The Hall–Kier alpha value is -1.20. The Balaban J connectivity index is 2.61. The van der Waals surface area contributed by atoms with Crippen molar-refractivity contribution < 1.29 is 22.7 Å². The Labute approximate surface area is 116 Å². The Morgan fingerprint density at radius 1 is 1.37 bits per heavy atom. The average Bonchev–Trinajstić information content (AvgIpc) is 2.25. The number of hydrogen-bond donors (Lipinski definition) is 0. The highest BCUT2D eigenvalue weighted by Crippen LogP contribution is 2.40. The van der Waals surface area contributed by atoms with E-state index in [2.05, 4.69) is 0 Å². The van der Waals surface area contributed by atoms with E-state index in [-0.39, 0.29) is 5.75 Å². The van der Waals surface area contributed by atoms with Crippen molar-refractivity contribution in [1.82, 2.24) is 0 Å². The topological polar surface area (TPSA) is 26.3 Å². The predicted octanol–water partition coefficient (Wildman–Crippen LogP) is 4.12. The van der Waals surface area contributed by atoms with Crippen molar-refractivity contribution >= 4 is 34.5 Å². The van der Waals surface area contributed by atoms with E-state index in [0.717, 1.165) is 6.08 Å². The molecule has 0 fully saturated rings. The maximum absolute atomic E-state index is 12.9. The number of alkyl halides is 3. The fraction of sp³-hybridized carbons (Fsp3) is 0.250. The van der Waals surface area contributed by atoms with Gasteiger partial charge in [0, 0.05) is 10.6 Å². The van der Waals surface area contributed by atoms with E-state index in [0.29, 0.717) is 16.1 Å². The third-order valence-corrected chi connectivity index (χ3v) is 3.06. The fourth-order valence-electron chi connectivity index (χ4n) is 1.85. The molecule has 102 valence electrons. The maximum atomic E-state index is 12.9. The number of ether oxygens (including phenoxy) is 1. The molecule has 0 saturated carbocycles. The molecule has 1 heterocycles. The molecule has 1 aliphatic heterocycles. The van der Waals surface area contributed by atoms with Gasteiger partial charge in [-0.05, 0) is 42.3 Å². The Bertz CT molecular complexity index is 579. The first-order chi connectivity index (χ1) is 8.70. The zero-order valence-corrected chi connectivity index (χ0v) is 11.0. The van der Waals surface area contributed by atoms with Crippen LogP contribution in [0, 0.1) is 6.92 Å². The van der Waals surface area contributed by atoms with Crippen LogP contribution in [0.3, 0.4) is 0 Å². The van der Waals surface area contributed by atoms with Crippen LogP contribution in [0.5, 0.6) is 5.75 Å². The summed E-state index contributed by atoms with van der Waals surface area (Å²) < 4.78 is 43.5. The van der Waals surface area contributed by atoms with Crippen LogP contribution >= 0.6 is 23.2 Å². The van der Waals surface area contributed by atoms with Crippen molar-refractivity contribution in [1.29, 1.82) is 0 Å². The highest BCUT2D eigenvalue weighted by Gasteiger charge is 2.48. The van der Waals surface area contributed by atoms with Gasteiger partial charge in [-0.2, -0.15) is 13.2 Å². The molecule has 0 amide bonds. The minimum Gasteiger partial charge on any atom is -0.475 e. The molecule has 0 N–H and O–H groups in total. The first kappa shape index (κ1) is 14.2. The second-order valence-corrected chi connectivity index (χ2v) is 4.83. The summed E-state index contributed by atoms with van der Waals surface area (Å²) in [5.41, 5.74) is 0.104. The third kappa shape index (κ3) is 2.72. The molecule has 1 aliphatic rings. The summed E-state index contributed by atoms with van der Waals surface area (Å²) in [4.78, 5) is 11.1. The largest absolute Gasteiger partial charge is 0.475 e. The summed E-state index contributed by atoms with van der Waals surface area (Å²) in [5, 5.41) is -0.867. The minimum atomic E-state index is -4.72. The number of benzene rings is 1. The van der Waals surface area contributed by atoms with Gasteiger partial charge >= 0.3 is 6.18 Å². The Morgan fingerprint density at radius 3 is 2.53 bits per heavy atom. The molecule has 1 aromatic carbocycles. The van der Waals surface area contributed by atoms with Gasteiger partial charge in [-0.3, -0.25) is 4.79 Å². The molecule has 1 aromatic rings. The van der Waals surface area contributed by atoms with E-state index in [9.17, 15) is 18.0 Å². The molecule has 0 aliphatic carbocycles. The molecule has 0 radical (unpaired) electrons. The number of hydrogen-bond acceptors (Lipinski definition) is 2. The second kappa shape index (κ2) is 4.72. The van der Waals surface area contributed by atoms with Crippen LogP contribution in [-0.2, 0) is 4.79 Å². The van der Waals surface area contributed by atoms with Gasteiger partial charge in [0.15, 0.2) is 0 Å². The van der Waals surface area contributed by atoms with Gasteiger partial charge in [-0.15, -0.1) is 0 Å². The van der Waals surface area contributed by atoms with Crippen LogP contribution in [-0.4, -0.2) is 17.5 Å². The van der Waals surface area contributed by atoms with Crippen molar-refractivity contribution in [2.24, 2.45) is 0 Å². The van der Waals surface area contributed by atoms with E-state index < -0.39 is 23.1 Å². The Kier molecular flexibility index (Phi) is 3.53. The van der Waals surface area contributed by atoms with Crippen LogP contribution < -0.4 is 4.74 Å². The van der Waals surface area contributed by atoms with Gasteiger partial charge < -0.3 is 4.74 Å². The zero-order chi connectivity index (χ0) is 14.4. The summed E-state index contributed by atoms with van der Waals surface area (Å²) in [5.74, 6) is 0.0494. The zero-order valence-electron chi connectivity index (χ0n) is 9.52. The molecule has 7 heteroatoms. The van der Waals surface area contributed by atoms with Crippen molar-refractivity contribution in [2.75, 3.05) is 0 Å². The maximum Gasteiger partial charge on any atom is 0.429 e. The molecule has 19 heavy (non-hydrogen) atoms. The summed E-state index contributed by atoms with van der Waals surface area (Å²) in [7, 11) is 0. The number of carbonyl (C=O) groups excluding carboxylic acids is 1. The lowest BCUT2D eigenvalue weighted by molar-refractivity contribution is -0.184. The number of halogens is 5. The molecule has 0 unspecified atom stereocenters. The summed E-state index contributed by atoms with van der Waals surface area (Å²) >= 11 is 11.0. The van der Waals surface area contributed by atoms with Gasteiger partial charge in [0.1, 0.15) is 5.75 Å². The number of fused-ring (bicyclic) bond motifs is 1. The van der Waals surface area contributed by atoms with Gasteiger partial charge in [0.25, 0.3) is 5.24 Å². The van der Waals surface area contributed by atoms with E-state index in [1.165, 1.54) is 12.1 Å². The number of carbonyl (C=O) groups is 1. The van der Waals surface area contributed by atoms with Crippen LogP contribution in [0.25, 0.3) is 6.08 Å². The van der Waals surface area contributed by atoms with Crippen molar-refractivity contribution in [2.45, 2.75) is 19.2 Å². The van der Waals surface area contributed by atoms with Gasteiger partial charge in [0.2, 0.25) is 6.10 Å². The van der Waals surface area contributed by atoms with Gasteiger partial charge in [-0.1, -0.05) is 11.6 Å². The van der Waals surface area contributed by atoms with E-state index in [1.807, 2.05) is 0 Å². The quantitative estimate of drug-likeness (QED) is 0.729. The molecular weight excluding hydrogens is 304 g/mol. The van der Waals surface area contributed by atoms with Gasteiger partial charge in [0.05, 0.1) is 5.57 Å². The number of aryl methyl sites for hydroxylation is 1. The van der Waals surface area contributed by atoms with Gasteiger partial charge in [-0.25, -0.2) is 0 Å². The van der Waals surface area contributed by atoms with E-state index in [4.69, 9.17) is 27.9 Å². The monoisotopic (exact) mass is 310 g/mol. The molecule has 2 rings (SSSR count). The lowest BCUT2D eigenvalue weighted by Crippen LogP contribution is -2.39. The van der Waals surface area contributed by atoms with Crippen molar-refractivity contribution in [3.8, 4) is 5.75 Å². The molecule has 2 nitrogen and oxygen atoms in total. The number of rotatable bonds is 1. The molecule has 0 aromatic heterocycles. The molecule has 0 bridgehead atoms. The average molecular weight is 311 g/mol. The predicted molar refractivity (Wildman–Crippen MR) is 65.5 cm³/mol. The van der Waals surface area contributed by atoms with E-state index in [1.54, 1.807) is 6.92 Å². The van der Waals surface area contributed by atoms with E-state index >= 15 is 0 Å². The van der Waals surface area contributed by atoms with Crippen LogP contribution in [0.15, 0.2) is 17.7 Å². The lowest BCUT2D eigenvalue weighted by Gasteiger charge is -2.28. The highest BCUT2D eigenvalue weighted by atomic mass is 35.5. The highest BCUT2D eigenvalue weighted by molar-refractivity contribution is 6.68. The summed E-state index contributed by atoms with van der Waals surface area (Å²) in [6, 6.07) is 2.89. The normalized spacial score (nSPS) is 18.4.